The Kier molecular flexibility index (Phi) is 12.3. The summed E-state index contributed by atoms with van der Waals surface area (Å²) in [6, 6.07) is 6.39. The largest absolute Gasteiger partial charge is 0.497 e. The van der Waals surface area contributed by atoms with Gasteiger partial charge in [-0.3, -0.25) is 4.79 Å². The fourth-order valence-electron chi connectivity index (χ4n) is 3.08. The number of rotatable bonds is 10. The van der Waals surface area contributed by atoms with Gasteiger partial charge < -0.3 is 20.1 Å². The van der Waals surface area contributed by atoms with Crippen molar-refractivity contribution in [3.63, 3.8) is 0 Å². The Morgan fingerprint density at radius 2 is 1.68 bits per heavy atom. The maximum atomic E-state index is 13.1. The van der Waals surface area contributed by atoms with Crippen LogP contribution < -0.4 is 10.1 Å². The molecule has 0 bridgehead atoms. The number of carbonyl (C=O) groups excluding carboxylic acids is 1. The first-order valence-corrected chi connectivity index (χ1v) is 12.3. The highest BCUT2D eigenvalue weighted by Crippen LogP contribution is 2.20. The van der Waals surface area contributed by atoms with Crippen LogP contribution in [-0.4, -0.2) is 87.2 Å². The van der Waals surface area contributed by atoms with Crippen molar-refractivity contribution in [2.75, 3.05) is 46.4 Å². The second-order valence-corrected chi connectivity index (χ2v) is 9.41. The van der Waals surface area contributed by atoms with Gasteiger partial charge in [-0.15, -0.1) is 0 Å². The standard InChI is InChI=1S/C19H31N3O4S.C2HF3O2/c1-3-4-5-13-22(14-10-19(23)21-15-11-20-12-16-21)27(24,25)18-8-6-17(26-2)7-9-18;3-2(4,5)1(6)7/h6-9,20H,3-5,10-16H2,1-2H3;(H,6,7). The van der Waals surface area contributed by atoms with Crippen LogP contribution >= 0.6 is 0 Å². The molecule has 0 spiro atoms. The van der Waals surface area contributed by atoms with Crippen LogP contribution in [0.4, 0.5) is 13.2 Å². The molecule has 1 heterocycles. The van der Waals surface area contributed by atoms with Gasteiger partial charge >= 0.3 is 12.1 Å². The number of benzene rings is 1. The molecular weight excluding hydrogens is 479 g/mol. The van der Waals surface area contributed by atoms with Gasteiger partial charge in [0, 0.05) is 45.7 Å². The van der Waals surface area contributed by atoms with E-state index in [4.69, 9.17) is 14.6 Å². The first-order valence-electron chi connectivity index (χ1n) is 10.9. The van der Waals surface area contributed by atoms with Crippen LogP contribution in [0.25, 0.3) is 0 Å². The van der Waals surface area contributed by atoms with Crippen molar-refractivity contribution in [1.82, 2.24) is 14.5 Å². The number of alkyl halides is 3. The Labute approximate surface area is 197 Å². The number of ether oxygens (including phenoxy) is 1. The predicted molar refractivity (Wildman–Crippen MR) is 119 cm³/mol. The molecule has 34 heavy (non-hydrogen) atoms. The van der Waals surface area contributed by atoms with E-state index in [0.717, 1.165) is 32.4 Å². The fraction of sp³-hybridized carbons (Fsp3) is 0.619. The molecule has 2 N–H and O–H groups in total. The van der Waals surface area contributed by atoms with Crippen LogP contribution in [0.15, 0.2) is 29.2 Å². The smallest absolute Gasteiger partial charge is 0.490 e. The molecule has 2 rings (SSSR count). The van der Waals surface area contributed by atoms with E-state index in [-0.39, 0.29) is 23.8 Å². The number of piperazine rings is 1. The summed E-state index contributed by atoms with van der Waals surface area (Å²) in [4.78, 5) is 23.4. The number of hydrogen-bond donors (Lipinski definition) is 2. The van der Waals surface area contributed by atoms with Gasteiger partial charge in [-0.1, -0.05) is 19.8 Å². The summed E-state index contributed by atoms with van der Waals surface area (Å²) >= 11 is 0. The first-order chi connectivity index (χ1) is 15.9. The molecule has 9 nitrogen and oxygen atoms in total. The number of unbranched alkanes of at least 4 members (excludes halogenated alkanes) is 2. The average Bonchev–Trinajstić information content (AvgIpc) is 2.81. The van der Waals surface area contributed by atoms with Crippen LogP contribution in [0, 0.1) is 0 Å². The molecule has 1 aromatic carbocycles. The van der Waals surface area contributed by atoms with Crippen molar-refractivity contribution in [1.29, 1.82) is 0 Å². The molecule has 0 saturated carbocycles. The zero-order valence-electron chi connectivity index (χ0n) is 19.3. The number of hydrogen-bond acceptors (Lipinski definition) is 6. The zero-order valence-corrected chi connectivity index (χ0v) is 20.1. The van der Waals surface area contributed by atoms with Crippen molar-refractivity contribution < 1.29 is 41.0 Å². The third kappa shape index (κ3) is 9.85. The van der Waals surface area contributed by atoms with E-state index in [1.54, 1.807) is 36.3 Å². The lowest BCUT2D eigenvalue weighted by molar-refractivity contribution is -0.192. The molecule has 1 saturated heterocycles. The van der Waals surface area contributed by atoms with Crippen LogP contribution in [-0.2, 0) is 19.6 Å². The summed E-state index contributed by atoms with van der Waals surface area (Å²) in [6.07, 6.45) is -2.12. The highest BCUT2D eigenvalue weighted by atomic mass is 32.2. The van der Waals surface area contributed by atoms with Crippen LogP contribution in [0.2, 0.25) is 0 Å². The molecule has 0 aromatic heterocycles. The molecular formula is C21H32F3N3O6S. The van der Waals surface area contributed by atoms with Gasteiger partial charge in [-0.25, -0.2) is 13.2 Å². The summed E-state index contributed by atoms with van der Waals surface area (Å²) in [5.74, 6) is -2.13. The van der Waals surface area contributed by atoms with Gasteiger partial charge in [0.25, 0.3) is 0 Å². The van der Waals surface area contributed by atoms with Crippen LogP contribution in [0.5, 0.6) is 5.75 Å². The van der Waals surface area contributed by atoms with Gasteiger partial charge in [0.1, 0.15) is 5.75 Å². The second kappa shape index (κ2) is 14.1. The Bertz CT molecular complexity index is 873. The molecule has 194 valence electrons. The molecule has 0 atom stereocenters. The van der Waals surface area contributed by atoms with Crippen molar-refractivity contribution in [3.05, 3.63) is 24.3 Å². The number of carboxylic acids is 1. The van der Waals surface area contributed by atoms with Crippen molar-refractivity contribution in [2.45, 2.75) is 43.7 Å². The summed E-state index contributed by atoms with van der Waals surface area (Å²) < 4.78 is 64.4. The number of methoxy groups -OCH3 is 1. The number of carboxylic acid groups (broad SMARTS) is 1. The van der Waals surface area contributed by atoms with E-state index in [2.05, 4.69) is 12.2 Å². The summed E-state index contributed by atoms with van der Waals surface area (Å²) in [5, 5.41) is 10.3. The molecule has 1 amide bonds. The molecule has 1 aromatic rings. The minimum absolute atomic E-state index is 0.0157. The van der Waals surface area contributed by atoms with Crippen LogP contribution in [0.3, 0.4) is 0 Å². The predicted octanol–water partition coefficient (Wildman–Crippen LogP) is 2.33. The number of aliphatic carboxylic acids is 1. The molecule has 0 unspecified atom stereocenters. The lowest BCUT2D eigenvalue weighted by atomic mass is 10.2. The third-order valence-electron chi connectivity index (χ3n) is 5.00. The van der Waals surface area contributed by atoms with Gasteiger partial charge in [-0.2, -0.15) is 17.5 Å². The molecule has 1 fully saturated rings. The third-order valence-corrected chi connectivity index (χ3v) is 6.91. The summed E-state index contributed by atoms with van der Waals surface area (Å²) in [5.41, 5.74) is 0. The fourth-order valence-corrected chi connectivity index (χ4v) is 4.56. The number of nitrogens with one attached hydrogen (secondary N) is 1. The van der Waals surface area contributed by atoms with Gasteiger partial charge in [0.2, 0.25) is 15.9 Å². The summed E-state index contributed by atoms with van der Waals surface area (Å²) in [6.45, 7) is 5.65. The van der Waals surface area contributed by atoms with Gasteiger partial charge in [-0.05, 0) is 30.7 Å². The minimum atomic E-state index is -5.08. The molecule has 13 heteroatoms. The van der Waals surface area contributed by atoms with E-state index >= 15 is 0 Å². The maximum absolute atomic E-state index is 13.1. The molecule has 0 aliphatic carbocycles. The first kappa shape index (κ1) is 29.7. The Morgan fingerprint density at radius 1 is 1.12 bits per heavy atom. The second-order valence-electron chi connectivity index (χ2n) is 7.47. The Hall–Kier alpha value is -2.38. The SMILES string of the molecule is CCCCCN(CCC(=O)N1CCNCC1)S(=O)(=O)c1ccc(OC)cc1.O=C(O)C(F)(F)F. The Morgan fingerprint density at radius 3 is 2.15 bits per heavy atom. The van der Waals surface area contributed by atoms with E-state index in [1.165, 1.54) is 4.31 Å². The molecule has 1 aliphatic rings. The van der Waals surface area contributed by atoms with E-state index < -0.39 is 22.2 Å². The van der Waals surface area contributed by atoms with Crippen molar-refractivity contribution in [3.8, 4) is 5.75 Å². The minimum Gasteiger partial charge on any atom is -0.497 e. The summed E-state index contributed by atoms with van der Waals surface area (Å²) in [7, 11) is -2.09. The average molecular weight is 512 g/mol. The number of nitrogens with zero attached hydrogens (tertiary/aromatic N) is 2. The van der Waals surface area contributed by atoms with Gasteiger partial charge in [0.15, 0.2) is 0 Å². The van der Waals surface area contributed by atoms with Crippen molar-refractivity contribution in [2.24, 2.45) is 0 Å². The number of sulfonamides is 1. The lowest BCUT2D eigenvalue weighted by Crippen LogP contribution is -2.47. The van der Waals surface area contributed by atoms with E-state index in [1.807, 2.05) is 0 Å². The van der Waals surface area contributed by atoms with E-state index in [0.29, 0.717) is 25.4 Å². The quantitative estimate of drug-likeness (QED) is 0.463. The highest BCUT2D eigenvalue weighted by Gasteiger charge is 2.38. The van der Waals surface area contributed by atoms with Crippen LogP contribution in [0.1, 0.15) is 32.6 Å². The monoisotopic (exact) mass is 511 g/mol. The normalized spacial score (nSPS) is 14.4. The molecule has 0 radical (unpaired) electrons. The maximum Gasteiger partial charge on any atom is 0.490 e. The lowest BCUT2D eigenvalue weighted by Gasteiger charge is -2.29. The zero-order chi connectivity index (χ0) is 25.8. The number of carbonyl (C=O) groups is 2. The van der Waals surface area contributed by atoms with Crippen molar-refractivity contribution >= 4 is 21.9 Å². The topological polar surface area (TPSA) is 116 Å². The number of halogens is 3. The molecule has 1 aliphatic heterocycles. The number of amides is 1. The van der Waals surface area contributed by atoms with Gasteiger partial charge in [0.05, 0.1) is 12.0 Å². The highest BCUT2D eigenvalue weighted by molar-refractivity contribution is 7.89. The Balaban J connectivity index is 0.000000718. The van der Waals surface area contributed by atoms with E-state index in [9.17, 15) is 26.4 Å².